The van der Waals surface area contributed by atoms with Gasteiger partial charge in [-0.3, -0.25) is 0 Å². The van der Waals surface area contributed by atoms with Crippen LogP contribution in [-0.4, -0.2) is 31.8 Å². The Morgan fingerprint density at radius 3 is 2.68 bits per heavy atom. The summed E-state index contributed by atoms with van der Waals surface area (Å²) in [7, 11) is 0. The second kappa shape index (κ2) is 5.01. The number of imidazole rings is 1. The fourth-order valence-electron chi connectivity index (χ4n) is 2.56. The van der Waals surface area contributed by atoms with Crippen molar-refractivity contribution in [2.24, 2.45) is 0 Å². The lowest BCUT2D eigenvalue weighted by Gasteiger charge is -2.17. The Kier molecular flexibility index (Phi) is 3.57. The van der Waals surface area contributed by atoms with E-state index in [0.29, 0.717) is 11.9 Å². The van der Waals surface area contributed by atoms with Crippen LogP contribution < -0.4 is 0 Å². The summed E-state index contributed by atoms with van der Waals surface area (Å²) in [6.45, 7) is 5.59. The van der Waals surface area contributed by atoms with Crippen molar-refractivity contribution < 1.29 is 15.0 Å². The van der Waals surface area contributed by atoms with Gasteiger partial charge < -0.3 is 14.8 Å². The molecule has 2 aromatic rings. The van der Waals surface area contributed by atoms with Crippen LogP contribution in [0, 0.1) is 6.92 Å². The number of fused-ring (bicyclic) bond motifs is 1. The Morgan fingerprint density at radius 2 is 2.11 bits per heavy atom. The molecule has 2 unspecified atom stereocenters. The van der Waals surface area contributed by atoms with Gasteiger partial charge >= 0.3 is 5.97 Å². The van der Waals surface area contributed by atoms with Crippen LogP contribution in [0.4, 0.5) is 0 Å². The lowest BCUT2D eigenvalue weighted by molar-refractivity contribution is 0.0699. The molecule has 19 heavy (non-hydrogen) atoms. The summed E-state index contributed by atoms with van der Waals surface area (Å²) in [6, 6.07) is 5.20. The zero-order valence-corrected chi connectivity index (χ0v) is 11.3. The molecule has 1 aromatic carbocycles. The van der Waals surface area contributed by atoms with Gasteiger partial charge in [-0.05, 0) is 39.3 Å². The van der Waals surface area contributed by atoms with E-state index in [1.165, 1.54) is 0 Å². The Hall–Kier alpha value is -1.88. The number of aliphatic hydroxyl groups is 1. The number of aromatic nitrogens is 2. The quantitative estimate of drug-likeness (QED) is 0.887. The Morgan fingerprint density at radius 1 is 1.42 bits per heavy atom. The molecular weight excluding hydrogens is 244 g/mol. The smallest absolute Gasteiger partial charge is 0.337 e. The van der Waals surface area contributed by atoms with Crippen LogP contribution >= 0.6 is 0 Å². The third-order valence-corrected chi connectivity index (χ3v) is 3.25. The molecule has 0 saturated carbocycles. The van der Waals surface area contributed by atoms with Crippen molar-refractivity contribution in [3.8, 4) is 0 Å². The number of carboxylic acid groups (broad SMARTS) is 1. The van der Waals surface area contributed by atoms with Gasteiger partial charge in [-0.15, -0.1) is 0 Å². The molecule has 0 saturated heterocycles. The number of carboxylic acids is 1. The van der Waals surface area contributed by atoms with Gasteiger partial charge in [-0.25, -0.2) is 9.78 Å². The van der Waals surface area contributed by atoms with Gasteiger partial charge in [0.1, 0.15) is 11.3 Å². The van der Waals surface area contributed by atoms with Crippen molar-refractivity contribution in [2.45, 2.75) is 39.3 Å². The molecule has 1 aromatic heterocycles. The topological polar surface area (TPSA) is 75.3 Å². The number of nitrogens with zero attached hydrogens (tertiary/aromatic N) is 2. The molecular formula is C14H18N2O3. The molecule has 0 spiro atoms. The van der Waals surface area contributed by atoms with Crippen LogP contribution in [-0.2, 0) is 0 Å². The van der Waals surface area contributed by atoms with E-state index in [0.717, 1.165) is 11.3 Å². The average Bonchev–Trinajstić information content (AvgIpc) is 2.63. The normalized spacial score (nSPS) is 14.5. The zero-order valence-electron chi connectivity index (χ0n) is 11.3. The maximum atomic E-state index is 11.2. The fraction of sp³-hybridized carbons (Fsp3) is 0.429. The molecule has 0 fully saturated rings. The third-order valence-electron chi connectivity index (χ3n) is 3.25. The first-order valence-corrected chi connectivity index (χ1v) is 6.30. The summed E-state index contributed by atoms with van der Waals surface area (Å²) in [6.07, 6.45) is 0.193. The van der Waals surface area contributed by atoms with Crippen LogP contribution in [0.15, 0.2) is 18.2 Å². The summed E-state index contributed by atoms with van der Waals surface area (Å²) in [5.41, 5.74) is 1.51. The van der Waals surface area contributed by atoms with Gasteiger partial charge in [0, 0.05) is 6.04 Å². The largest absolute Gasteiger partial charge is 0.478 e. The second-order valence-corrected chi connectivity index (χ2v) is 4.94. The molecule has 1 heterocycles. The fourth-order valence-corrected chi connectivity index (χ4v) is 2.56. The van der Waals surface area contributed by atoms with Crippen molar-refractivity contribution in [2.75, 3.05) is 0 Å². The molecule has 0 radical (unpaired) electrons. The number of rotatable bonds is 4. The summed E-state index contributed by atoms with van der Waals surface area (Å²) in [5.74, 6) is -0.213. The van der Waals surface area contributed by atoms with Crippen molar-refractivity contribution in [1.82, 2.24) is 9.55 Å². The monoisotopic (exact) mass is 262 g/mol. The van der Waals surface area contributed by atoms with Gasteiger partial charge in [-0.1, -0.05) is 6.07 Å². The number of hydrogen-bond acceptors (Lipinski definition) is 3. The summed E-state index contributed by atoms with van der Waals surface area (Å²) >= 11 is 0. The van der Waals surface area contributed by atoms with Gasteiger partial charge in [0.05, 0.1) is 17.2 Å². The Balaban J connectivity index is 2.60. The SMILES string of the molecule is Cc1nc2c(C(=O)O)cccc2n1C(C)CC(C)O. The number of aryl methyl sites for hydroxylation is 1. The van der Waals surface area contributed by atoms with E-state index in [4.69, 9.17) is 0 Å². The first-order chi connectivity index (χ1) is 8.91. The van der Waals surface area contributed by atoms with Gasteiger partial charge in [-0.2, -0.15) is 0 Å². The van der Waals surface area contributed by atoms with E-state index in [1.807, 2.05) is 24.5 Å². The molecule has 0 bridgehead atoms. The summed E-state index contributed by atoms with van der Waals surface area (Å²) in [4.78, 5) is 15.6. The molecule has 2 atom stereocenters. The van der Waals surface area contributed by atoms with Crippen molar-refractivity contribution >= 4 is 17.0 Å². The lowest BCUT2D eigenvalue weighted by Crippen LogP contribution is -2.13. The van der Waals surface area contributed by atoms with E-state index >= 15 is 0 Å². The van der Waals surface area contributed by atoms with Crippen LogP contribution in [0.1, 0.15) is 42.5 Å². The van der Waals surface area contributed by atoms with Gasteiger partial charge in [0.2, 0.25) is 0 Å². The van der Waals surface area contributed by atoms with E-state index < -0.39 is 12.1 Å². The molecule has 102 valence electrons. The van der Waals surface area contributed by atoms with Crippen molar-refractivity contribution in [3.05, 3.63) is 29.6 Å². The Labute approximate surface area is 111 Å². The number of benzene rings is 1. The standard InChI is InChI=1S/C14H18N2O3/c1-8(7-9(2)17)16-10(3)15-13-11(14(18)19)5-4-6-12(13)16/h4-6,8-9,17H,7H2,1-3H3,(H,18,19). The summed E-state index contributed by atoms with van der Waals surface area (Å²) < 4.78 is 1.98. The highest BCUT2D eigenvalue weighted by atomic mass is 16.4. The van der Waals surface area contributed by atoms with Crippen molar-refractivity contribution in [1.29, 1.82) is 0 Å². The third kappa shape index (κ3) is 2.46. The van der Waals surface area contributed by atoms with E-state index in [-0.39, 0.29) is 11.6 Å². The highest BCUT2D eigenvalue weighted by Gasteiger charge is 2.18. The van der Waals surface area contributed by atoms with E-state index in [1.54, 1.807) is 19.1 Å². The number of aromatic carboxylic acids is 1. The molecule has 0 aliphatic heterocycles. The maximum Gasteiger partial charge on any atom is 0.337 e. The number of aliphatic hydroxyl groups excluding tert-OH is 1. The minimum absolute atomic E-state index is 0.0639. The molecule has 2 rings (SSSR count). The van der Waals surface area contributed by atoms with Gasteiger partial charge in [0.25, 0.3) is 0 Å². The molecule has 0 aliphatic carbocycles. The Bertz CT molecular complexity index is 616. The van der Waals surface area contributed by atoms with Crippen LogP contribution in [0.2, 0.25) is 0 Å². The average molecular weight is 262 g/mol. The van der Waals surface area contributed by atoms with Crippen LogP contribution in [0.3, 0.4) is 0 Å². The second-order valence-electron chi connectivity index (χ2n) is 4.94. The first-order valence-electron chi connectivity index (χ1n) is 6.30. The minimum Gasteiger partial charge on any atom is -0.478 e. The van der Waals surface area contributed by atoms with E-state index in [2.05, 4.69) is 4.98 Å². The van der Waals surface area contributed by atoms with Crippen molar-refractivity contribution in [3.63, 3.8) is 0 Å². The van der Waals surface area contributed by atoms with Gasteiger partial charge in [0.15, 0.2) is 0 Å². The predicted octanol–water partition coefficient (Wildman–Crippen LogP) is 2.37. The first kappa shape index (κ1) is 13.5. The molecule has 0 aliphatic rings. The van der Waals surface area contributed by atoms with E-state index in [9.17, 15) is 15.0 Å². The highest BCUT2D eigenvalue weighted by Crippen LogP contribution is 2.25. The molecule has 0 amide bonds. The summed E-state index contributed by atoms with van der Waals surface area (Å²) in [5, 5.41) is 18.7. The molecule has 2 N–H and O–H groups in total. The highest BCUT2D eigenvalue weighted by molar-refractivity contribution is 6.01. The number of para-hydroxylation sites is 1. The molecule has 5 heteroatoms. The predicted molar refractivity (Wildman–Crippen MR) is 72.4 cm³/mol. The zero-order chi connectivity index (χ0) is 14.2. The van der Waals surface area contributed by atoms with Crippen LogP contribution in [0.5, 0.6) is 0 Å². The molecule has 5 nitrogen and oxygen atoms in total. The maximum absolute atomic E-state index is 11.2. The number of carbonyl (C=O) groups is 1. The minimum atomic E-state index is -0.974. The lowest BCUT2D eigenvalue weighted by atomic mass is 10.1. The van der Waals surface area contributed by atoms with Crippen LogP contribution in [0.25, 0.3) is 11.0 Å². The number of hydrogen-bond donors (Lipinski definition) is 2.